The maximum Gasteiger partial charge on any atom is 0.0215 e. The Hall–Kier alpha value is -3.17. The lowest BCUT2D eigenvalue weighted by atomic mass is 9.89. The van der Waals surface area contributed by atoms with Crippen molar-refractivity contribution in [3.63, 3.8) is 0 Å². The Balaban J connectivity index is 1.71. The predicted octanol–water partition coefficient (Wildman–Crippen LogP) is 9.08. The van der Waals surface area contributed by atoms with Crippen molar-refractivity contribution in [2.75, 3.05) is 0 Å². The molecule has 0 aliphatic heterocycles. The van der Waals surface area contributed by atoms with Gasteiger partial charge < -0.3 is 0 Å². The summed E-state index contributed by atoms with van der Waals surface area (Å²) in [5.74, 6) is 0. The minimum absolute atomic E-state index is 1.27. The number of halogens is 1. The first-order valence-corrected chi connectivity index (χ1v) is 11.6. The third kappa shape index (κ3) is 3.03. The zero-order valence-electron chi connectivity index (χ0n) is 16.8. The van der Waals surface area contributed by atoms with E-state index in [1.54, 1.807) is 0 Å². The van der Waals surface area contributed by atoms with Gasteiger partial charge >= 0.3 is 0 Å². The lowest BCUT2D eigenvalue weighted by Gasteiger charge is -2.16. The first-order valence-electron chi connectivity index (χ1n) is 10.5. The molecule has 6 rings (SSSR count). The van der Waals surface area contributed by atoms with Crippen LogP contribution in [0.4, 0.5) is 0 Å². The molecule has 0 aromatic heterocycles. The van der Waals surface area contributed by atoms with Crippen LogP contribution in [0.5, 0.6) is 0 Å². The van der Waals surface area contributed by atoms with Gasteiger partial charge in [0, 0.05) is 8.96 Å². The van der Waals surface area contributed by atoms with E-state index in [2.05, 4.69) is 138 Å². The zero-order valence-corrected chi connectivity index (χ0v) is 19.0. The Morgan fingerprint density at radius 3 is 1.48 bits per heavy atom. The summed E-state index contributed by atoms with van der Waals surface area (Å²) in [6.45, 7) is 0. The standard InChI is InChI=1S/C30H19I/c31-29-17-7-16-27-26(24-14-5-10-20-8-1-3-12-22(20)24)18-19-28(30(27)29)25-15-6-11-21-9-2-4-13-23(21)25/h1-19H. The molecule has 0 unspecified atom stereocenters. The summed E-state index contributed by atoms with van der Waals surface area (Å²) in [5, 5.41) is 7.76. The number of hydrogen-bond acceptors (Lipinski definition) is 0. The Labute approximate surface area is 195 Å². The molecule has 0 spiro atoms. The fourth-order valence-electron chi connectivity index (χ4n) is 4.74. The van der Waals surface area contributed by atoms with E-state index in [0.29, 0.717) is 0 Å². The molecule has 0 saturated heterocycles. The summed E-state index contributed by atoms with van der Waals surface area (Å²) in [5.41, 5.74) is 5.15. The van der Waals surface area contributed by atoms with Crippen molar-refractivity contribution >= 4 is 54.9 Å². The predicted molar refractivity (Wildman–Crippen MR) is 143 cm³/mol. The molecule has 0 fully saturated rings. The van der Waals surface area contributed by atoms with Crippen molar-refractivity contribution in [2.45, 2.75) is 0 Å². The highest BCUT2D eigenvalue weighted by molar-refractivity contribution is 14.1. The highest BCUT2D eigenvalue weighted by Gasteiger charge is 2.14. The second kappa shape index (κ2) is 7.51. The normalized spacial score (nSPS) is 11.4. The molecule has 146 valence electrons. The fourth-order valence-corrected chi connectivity index (χ4v) is 5.53. The van der Waals surface area contributed by atoms with E-state index in [9.17, 15) is 0 Å². The van der Waals surface area contributed by atoms with Crippen LogP contribution in [0.3, 0.4) is 0 Å². The molecule has 0 heterocycles. The molecular formula is C30H19I. The van der Waals surface area contributed by atoms with Gasteiger partial charge in [0.1, 0.15) is 0 Å². The molecular weight excluding hydrogens is 487 g/mol. The number of rotatable bonds is 2. The smallest absolute Gasteiger partial charge is 0.0215 e. The summed E-state index contributed by atoms with van der Waals surface area (Å²) >= 11 is 2.49. The Morgan fingerprint density at radius 2 is 0.806 bits per heavy atom. The molecule has 0 aliphatic rings. The third-order valence-corrected chi connectivity index (χ3v) is 7.05. The van der Waals surface area contributed by atoms with Crippen LogP contribution in [0.1, 0.15) is 0 Å². The van der Waals surface area contributed by atoms with Crippen molar-refractivity contribution in [3.05, 3.63) is 119 Å². The van der Waals surface area contributed by atoms with Crippen LogP contribution in [0, 0.1) is 3.57 Å². The molecule has 0 aliphatic carbocycles. The summed E-state index contributed by atoms with van der Waals surface area (Å²) in [7, 11) is 0. The van der Waals surface area contributed by atoms with E-state index in [-0.39, 0.29) is 0 Å². The lowest BCUT2D eigenvalue weighted by molar-refractivity contribution is 1.64. The number of fused-ring (bicyclic) bond motifs is 3. The van der Waals surface area contributed by atoms with Crippen molar-refractivity contribution < 1.29 is 0 Å². The summed E-state index contributed by atoms with van der Waals surface area (Å²) in [4.78, 5) is 0. The van der Waals surface area contributed by atoms with Gasteiger partial charge in [-0.3, -0.25) is 0 Å². The van der Waals surface area contributed by atoms with Gasteiger partial charge in [-0.05, 0) is 77.8 Å². The van der Waals surface area contributed by atoms with E-state index in [4.69, 9.17) is 0 Å². The van der Waals surface area contributed by atoms with Crippen LogP contribution >= 0.6 is 22.6 Å². The average molecular weight is 506 g/mol. The van der Waals surface area contributed by atoms with Gasteiger partial charge in [-0.1, -0.05) is 109 Å². The molecule has 1 heteroatoms. The minimum Gasteiger partial charge on any atom is -0.0616 e. The van der Waals surface area contributed by atoms with Crippen molar-refractivity contribution in [3.8, 4) is 22.3 Å². The maximum absolute atomic E-state index is 2.49. The monoisotopic (exact) mass is 506 g/mol. The maximum atomic E-state index is 2.49. The summed E-state index contributed by atoms with van der Waals surface area (Å²) in [6, 6.07) is 41.8. The minimum atomic E-state index is 1.27. The lowest BCUT2D eigenvalue weighted by Crippen LogP contribution is -1.90. The molecule has 31 heavy (non-hydrogen) atoms. The molecule has 0 radical (unpaired) electrons. The molecule has 6 aromatic carbocycles. The molecule has 6 aromatic rings. The molecule has 0 nitrogen and oxygen atoms in total. The van der Waals surface area contributed by atoms with Crippen LogP contribution < -0.4 is 0 Å². The molecule has 0 N–H and O–H groups in total. The van der Waals surface area contributed by atoms with Crippen molar-refractivity contribution in [1.82, 2.24) is 0 Å². The molecule has 0 amide bonds. The second-order valence-corrected chi connectivity index (χ2v) is 9.04. The van der Waals surface area contributed by atoms with Gasteiger partial charge in [0.15, 0.2) is 0 Å². The van der Waals surface area contributed by atoms with Crippen LogP contribution in [-0.4, -0.2) is 0 Å². The van der Waals surface area contributed by atoms with Gasteiger partial charge in [0.25, 0.3) is 0 Å². The summed E-state index contributed by atoms with van der Waals surface area (Å²) < 4.78 is 1.28. The van der Waals surface area contributed by atoms with E-state index in [0.717, 1.165) is 0 Å². The van der Waals surface area contributed by atoms with Crippen LogP contribution in [0.25, 0.3) is 54.6 Å². The first-order chi connectivity index (χ1) is 15.3. The van der Waals surface area contributed by atoms with Crippen LogP contribution in [-0.2, 0) is 0 Å². The first kappa shape index (κ1) is 18.6. The second-order valence-electron chi connectivity index (χ2n) is 7.88. The zero-order chi connectivity index (χ0) is 20.8. The number of benzene rings is 6. The average Bonchev–Trinajstić information content (AvgIpc) is 2.83. The molecule has 0 atom stereocenters. The van der Waals surface area contributed by atoms with Gasteiger partial charge in [0.2, 0.25) is 0 Å². The Bertz CT molecular complexity index is 1580. The third-order valence-electron chi connectivity index (χ3n) is 6.15. The van der Waals surface area contributed by atoms with Gasteiger partial charge in [-0.15, -0.1) is 0 Å². The van der Waals surface area contributed by atoms with Gasteiger partial charge in [0.05, 0.1) is 0 Å². The Kier molecular flexibility index (Phi) is 4.50. The van der Waals surface area contributed by atoms with Crippen molar-refractivity contribution in [1.29, 1.82) is 0 Å². The van der Waals surface area contributed by atoms with E-state index in [1.165, 1.54) is 58.1 Å². The topological polar surface area (TPSA) is 0 Å². The summed E-state index contributed by atoms with van der Waals surface area (Å²) in [6.07, 6.45) is 0. The van der Waals surface area contributed by atoms with Gasteiger partial charge in [-0.25, -0.2) is 0 Å². The Morgan fingerprint density at radius 1 is 0.355 bits per heavy atom. The SMILES string of the molecule is Ic1cccc2c(-c3cccc4ccccc34)ccc(-c3cccc4ccccc34)c12. The van der Waals surface area contributed by atoms with E-state index >= 15 is 0 Å². The van der Waals surface area contributed by atoms with E-state index < -0.39 is 0 Å². The number of hydrogen-bond donors (Lipinski definition) is 0. The van der Waals surface area contributed by atoms with Gasteiger partial charge in [-0.2, -0.15) is 0 Å². The highest BCUT2D eigenvalue weighted by atomic mass is 127. The largest absolute Gasteiger partial charge is 0.0616 e. The van der Waals surface area contributed by atoms with E-state index in [1.807, 2.05) is 0 Å². The van der Waals surface area contributed by atoms with Crippen LogP contribution in [0.2, 0.25) is 0 Å². The highest BCUT2D eigenvalue weighted by Crippen LogP contribution is 2.41. The fraction of sp³-hybridized carbons (Fsp3) is 0. The molecule has 0 bridgehead atoms. The van der Waals surface area contributed by atoms with Crippen molar-refractivity contribution in [2.24, 2.45) is 0 Å². The quantitative estimate of drug-likeness (QED) is 0.206. The molecule has 0 saturated carbocycles. The van der Waals surface area contributed by atoms with Crippen LogP contribution in [0.15, 0.2) is 115 Å².